The molecule has 0 spiro atoms. The van der Waals surface area contributed by atoms with Gasteiger partial charge in [0.1, 0.15) is 0 Å². The highest BCUT2D eigenvalue weighted by Gasteiger charge is 2.02. The molecule has 1 aliphatic rings. The van der Waals surface area contributed by atoms with Gasteiger partial charge in [0.15, 0.2) is 0 Å². The summed E-state index contributed by atoms with van der Waals surface area (Å²) in [7, 11) is 0. The van der Waals surface area contributed by atoms with E-state index in [2.05, 4.69) is 0 Å². The highest BCUT2D eigenvalue weighted by atomic mass is 16.5. The molecule has 0 radical (unpaired) electrons. The molecule has 1 aliphatic heterocycles. The van der Waals surface area contributed by atoms with Crippen molar-refractivity contribution in [1.29, 1.82) is 0 Å². The molecule has 1 aromatic carbocycles. The average Bonchev–Trinajstić information content (AvgIpc) is 2.29. The third-order valence-corrected chi connectivity index (χ3v) is 2.00. The molecular weight excluding hydrogens is 150 g/mol. The van der Waals surface area contributed by atoms with Crippen LogP contribution in [-0.4, -0.2) is 6.54 Å². The number of fused-ring (bicyclic) bond motifs is 1. The van der Waals surface area contributed by atoms with Gasteiger partial charge >= 0.3 is 0 Å². The molecular formula is C10H10NO-. The molecule has 0 atom stereocenters. The molecule has 0 saturated carbocycles. The Bertz CT molecular complexity index is 306. The van der Waals surface area contributed by atoms with Gasteiger partial charge in [0, 0.05) is 12.2 Å². The van der Waals surface area contributed by atoms with Crippen molar-refractivity contribution < 1.29 is 0 Å². The summed E-state index contributed by atoms with van der Waals surface area (Å²) in [6.07, 6.45) is 4.88. The number of anilines is 1. The van der Waals surface area contributed by atoms with Crippen molar-refractivity contribution in [2.45, 2.75) is 6.42 Å². The van der Waals surface area contributed by atoms with Gasteiger partial charge in [0.05, 0.1) is 0 Å². The van der Waals surface area contributed by atoms with Gasteiger partial charge < -0.3 is 10.3 Å². The molecule has 0 amide bonds. The Hall–Kier alpha value is -1.28. The Kier molecular flexibility index (Phi) is 1.84. The van der Waals surface area contributed by atoms with E-state index in [0.29, 0.717) is 6.54 Å². The van der Waals surface area contributed by atoms with Crippen molar-refractivity contribution in [3.63, 3.8) is 0 Å². The van der Waals surface area contributed by atoms with Crippen molar-refractivity contribution in [3.8, 4) is 0 Å². The van der Waals surface area contributed by atoms with E-state index in [4.69, 9.17) is 0 Å². The van der Waals surface area contributed by atoms with Crippen LogP contribution in [0.2, 0.25) is 0 Å². The molecule has 62 valence electrons. The summed E-state index contributed by atoms with van der Waals surface area (Å²) < 4.78 is 0. The highest BCUT2D eigenvalue weighted by Crippen LogP contribution is 2.23. The maximum atomic E-state index is 11.4. The second kappa shape index (κ2) is 2.99. The van der Waals surface area contributed by atoms with Gasteiger partial charge in [-0.25, -0.2) is 0 Å². The molecule has 0 saturated heterocycles. The van der Waals surface area contributed by atoms with Crippen molar-refractivity contribution >= 4 is 11.8 Å². The largest absolute Gasteiger partial charge is 0.758 e. The molecule has 2 nitrogen and oxygen atoms in total. The maximum Gasteiger partial charge on any atom is 0.0332 e. The smallest absolute Gasteiger partial charge is 0.0332 e. The molecule has 0 fully saturated rings. The fraction of sp³-hybridized carbons (Fsp3) is 0.200. The minimum absolute atomic E-state index is 0.563. The molecule has 2 rings (SSSR count). The SMILES string of the molecule is [O-]N1CCC=Cc2ccccc21. The van der Waals surface area contributed by atoms with Crippen LogP contribution in [0.25, 0.3) is 6.08 Å². The zero-order valence-corrected chi connectivity index (χ0v) is 6.73. The van der Waals surface area contributed by atoms with Crippen LogP contribution >= 0.6 is 0 Å². The van der Waals surface area contributed by atoms with Crippen LogP contribution in [0.5, 0.6) is 0 Å². The van der Waals surface area contributed by atoms with Gasteiger partial charge in [0.25, 0.3) is 0 Å². The summed E-state index contributed by atoms with van der Waals surface area (Å²) >= 11 is 0. The van der Waals surface area contributed by atoms with Gasteiger partial charge in [-0.2, -0.15) is 0 Å². The maximum absolute atomic E-state index is 11.4. The molecule has 1 aromatic rings. The molecule has 0 bridgehead atoms. The number of hydrogen-bond donors (Lipinski definition) is 0. The monoisotopic (exact) mass is 160 g/mol. The van der Waals surface area contributed by atoms with E-state index in [1.165, 1.54) is 0 Å². The predicted molar refractivity (Wildman–Crippen MR) is 50.8 cm³/mol. The lowest BCUT2D eigenvalue weighted by atomic mass is 10.2. The summed E-state index contributed by atoms with van der Waals surface area (Å²) in [6, 6.07) is 7.66. The normalized spacial score (nSPS) is 15.6. The summed E-state index contributed by atoms with van der Waals surface area (Å²) in [6.45, 7) is 0.563. The van der Waals surface area contributed by atoms with Gasteiger partial charge in [-0.05, 0) is 18.1 Å². The van der Waals surface area contributed by atoms with Crippen molar-refractivity contribution in [3.05, 3.63) is 41.1 Å². The van der Waals surface area contributed by atoms with E-state index in [-0.39, 0.29) is 0 Å². The van der Waals surface area contributed by atoms with Crippen LogP contribution in [0.3, 0.4) is 0 Å². The lowest BCUT2D eigenvalue weighted by molar-refractivity contribution is 0.948. The first-order chi connectivity index (χ1) is 5.88. The third kappa shape index (κ3) is 1.21. The molecule has 0 aromatic heterocycles. The fourth-order valence-corrected chi connectivity index (χ4v) is 1.38. The second-order valence-corrected chi connectivity index (χ2v) is 2.85. The Morgan fingerprint density at radius 1 is 1.25 bits per heavy atom. The number of benzene rings is 1. The number of nitrogens with zero attached hydrogens (tertiary/aromatic N) is 1. The summed E-state index contributed by atoms with van der Waals surface area (Å²) in [4.78, 5) is 0. The van der Waals surface area contributed by atoms with E-state index < -0.39 is 0 Å². The van der Waals surface area contributed by atoms with Crippen LogP contribution < -0.4 is 5.06 Å². The first-order valence-electron chi connectivity index (χ1n) is 4.08. The Morgan fingerprint density at radius 3 is 3.00 bits per heavy atom. The van der Waals surface area contributed by atoms with Crippen molar-refractivity contribution in [2.24, 2.45) is 0 Å². The van der Waals surface area contributed by atoms with E-state index >= 15 is 0 Å². The Morgan fingerprint density at radius 2 is 2.08 bits per heavy atom. The first kappa shape index (κ1) is 7.37. The van der Waals surface area contributed by atoms with Gasteiger partial charge in [-0.15, -0.1) is 0 Å². The van der Waals surface area contributed by atoms with Gasteiger partial charge in [-0.1, -0.05) is 30.4 Å². The van der Waals surface area contributed by atoms with Gasteiger partial charge in [0.2, 0.25) is 0 Å². The average molecular weight is 160 g/mol. The fourth-order valence-electron chi connectivity index (χ4n) is 1.38. The molecule has 2 heteroatoms. The Balaban J connectivity index is 2.49. The van der Waals surface area contributed by atoms with Crippen molar-refractivity contribution in [1.82, 2.24) is 0 Å². The molecule has 0 unspecified atom stereocenters. The topological polar surface area (TPSA) is 26.3 Å². The lowest BCUT2D eigenvalue weighted by Gasteiger charge is -2.30. The van der Waals surface area contributed by atoms with Gasteiger partial charge in [-0.3, -0.25) is 0 Å². The summed E-state index contributed by atoms with van der Waals surface area (Å²) in [5.41, 5.74) is 1.80. The number of rotatable bonds is 0. The first-order valence-corrected chi connectivity index (χ1v) is 4.08. The van der Waals surface area contributed by atoms with Crippen LogP contribution in [0.1, 0.15) is 12.0 Å². The number of hydroxylamine groups is 1. The number of hydrogen-bond acceptors (Lipinski definition) is 2. The zero-order chi connectivity index (χ0) is 8.39. The highest BCUT2D eigenvalue weighted by molar-refractivity contribution is 5.69. The Labute approximate surface area is 71.7 Å². The zero-order valence-electron chi connectivity index (χ0n) is 6.73. The second-order valence-electron chi connectivity index (χ2n) is 2.85. The van der Waals surface area contributed by atoms with Crippen LogP contribution in [0, 0.1) is 5.21 Å². The molecule has 0 aliphatic carbocycles. The van der Waals surface area contributed by atoms with E-state index in [1.807, 2.05) is 36.4 Å². The summed E-state index contributed by atoms with van der Waals surface area (Å²) in [5, 5.41) is 12.4. The standard InChI is InChI=1S/C10H10NO/c12-11-8-4-3-6-9-5-1-2-7-10(9)11/h1-3,5-7H,4,8H2/q-1. The van der Waals surface area contributed by atoms with Crippen LogP contribution in [-0.2, 0) is 0 Å². The minimum Gasteiger partial charge on any atom is -0.758 e. The number of para-hydroxylation sites is 1. The van der Waals surface area contributed by atoms with Crippen LogP contribution in [0.4, 0.5) is 5.69 Å². The van der Waals surface area contributed by atoms with E-state index in [9.17, 15) is 5.21 Å². The third-order valence-electron chi connectivity index (χ3n) is 2.00. The molecule has 1 heterocycles. The van der Waals surface area contributed by atoms with Crippen molar-refractivity contribution in [2.75, 3.05) is 11.6 Å². The molecule has 12 heavy (non-hydrogen) atoms. The van der Waals surface area contributed by atoms with E-state index in [0.717, 1.165) is 22.7 Å². The lowest BCUT2D eigenvalue weighted by Crippen LogP contribution is -2.15. The predicted octanol–water partition coefficient (Wildman–Crippen LogP) is 2.41. The minimum atomic E-state index is 0.563. The van der Waals surface area contributed by atoms with Crippen LogP contribution in [0.15, 0.2) is 30.3 Å². The summed E-state index contributed by atoms with van der Waals surface area (Å²) in [5.74, 6) is 0. The quantitative estimate of drug-likeness (QED) is 0.582. The van der Waals surface area contributed by atoms with E-state index in [1.54, 1.807) is 0 Å². The molecule has 0 N–H and O–H groups in total.